The van der Waals surface area contributed by atoms with Gasteiger partial charge in [-0.25, -0.2) is 15.0 Å². The summed E-state index contributed by atoms with van der Waals surface area (Å²) in [4.78, 5) is 15.0. The minimum absolute atomic E-state index is 0.638. The van der Waals surface area contributed by atoms with Gasteiger partial charge in [0.25, 0.3) is 0 Å². The molecule has 0 aliphatic heterocycles. The van der Waals surface area contributed by atoms with Crippen LogP contribution in [-0.2, 0) is 0 Å². The highest BCUT2D eigenvalue weighted by molar-refractivity contribution is 6.19. The molecule has 9 aromatic rings. The lowest BCUT2D eigenvalue weighted by Gasteiger charge is -2.14. The standard InChI is InChI=1S/C43H27N3O/c1-4-14-28(15-5-1)31-24-26-35(39-37-22-12-13-23-38(37)47-40(31)39)34-25-27-36(33-21-11-10-20-32(33)34)43-45-41(29-16-6-2-7-17-29)44-42(46-43)30-18-8-3-9-19-30/h1-27H. The first-order valence-electron chi connectivity index (χ1n) is 15.7. The van der Waals surface area contributed by atoms with E-state index < -0.39 is 0 Å². The third kappa shape index (κ3) is 4.66. The highest BCUT2D eigenvalue weighted by atomic mass is 16.3. The summed E-state index contributed by atoms with van der Waals surface area (Å²) in [7, 11) is 0. The molecule has 0 fully saturated rings. The molecule has 4 heteroatoms. The normalized spacial score (nSPS) is 11.4. The highest BCUT2D eigenvalue weighted by Crippen LogP contribution is 2.44. The van der Waals surface area contributed by atoms with Gasteiger partial charge in [-0.2, -0.15) is 0 Å². The van der Waals surface area contributed by atoms with Gasteiger partial charge in [0, 0.05) is 33.0 Å². The molecule has 0 spiro atoms. The van der Waals surface area contributed by atoms with Gasteiger partial charge in [0.1, 0.15) is 11.2 Å². The number of aromatic nitrogens is 3. The number of hydrogen-bond donors (Lipinski definition) is 0. The van der Waals surface area contributed by atoms with Crippen LogP contribution in [0.2, 0.25) is 0 Å². The molecule has 0 radical (unpaired) electrons. The fourth-order valence-corrected chi connectivity index (χ4v) is 6.56. The van der Waals surface area contributed by atoms with E-state index in [4.69, 9.17) is 19.4 Å². The summed E-state index contributed by atoms with van der Waals surface area (Å²) in [6.07, 6.45) is 0. The Bertz CT molecular complexity index is 2500. The van der Waals surface area contributed by atoms with E-state index in [1.54, 1.807) is 0 Å². The predicted molar refractivity (Wildman–Crippen MR) is 192 cm³/mol. The van der Waals surface area contributed by atoms with Crippen molar-refractivity contribution in [2.24, 2.45) is 0 Å². The molecule has 2 heterocycles. The van der Waals surface area contributed by atoms with E-state index in [-0.39, 0.29) is 0 Å². The Morgan fingerprint density at radius 3 is 1.40 bits per heavy atom. The van der Waals surface area contributed by atoms with Gasteiger partial charge in [0.05, 0.1) is 0 Å². The van der Waals surface area contributed by atoms with Gasteiger partial charge in [0.2, 0.25) is 0 Å². The molecule has 0 saturated carbocycles. The second kappa shape index (κ2) is 11.2. The lowest BCUT2D eigenvalue weighted by Crippen LogP contribution is -2.00. The first kappa shape index (κ1) is 27.0. The molecule has 0 saturated heterocycles. The molecule has 0 atom stereocenters. The smallest absolute Gasteiger partial charge is 0.164 e. The molecule has 0 N–H and O–H groups in total. The van der Waals surface area contributed by atoms with Crippen molar-refractivity contribution >= 4 is 32.7 Å². The van der Waals surface area contributed by atoms with E-state index >= 15 is 0 Å². The van der Waals surface area contributed by atoms with Crippen LogP contribution in [0.4, 0.5) is 0 Å². The van der Waals surface area contributed by atoms with E-state index in [1.807, 2.05) is 78.9 Å². The molecule has 0 bridgehead atoms. The average Bonchev–Trinajstić information content (AvgIpc) is 3.55. The second-order valence-electron chi connectivity index (χ2n) is 11.6. The number of fused-ring (bicyclic) bond motifs is 4. The molecule has 0 amide bonds. The second-order valence-corrected chi connectivity index (χ2v) is 11.6. The molecule has 220 valence electrons. The summed E-state index contributed by atoms with van der Waals surface area (Å²) in [6, 6.07) is 56.2. The zero-order valence-electron chi connectivity index (χ0n) is 25.3. The zero-order valence-corrected chi connectivity index (χ0v) is 25.3. The predicted octanol–water partition coefficient (Wildman–Crippen LogP) is 11.3. The Balaban J connectivity index is 1.29. The molecular weight excluding hydrogens is 574 g/mol. The van der Waals surface area contributed by atoms with E-state index in [1.165, 1.54) is 0 Å². The summed E-state index contributed by atoms with van der Waals surface area (Å²) in [6.45, 7) is 0. The number of rotatable bonds is 5. The van der Waals surface area contributed by atoms with Crippen molar-refractivity contribution in [2.75, 3.05) is 0 Å². The summed E-state index contributed by atoms with van der Waals surface area (Å²) in [5.74, 6) is 1.93. The SMILES string of the molecule is c1ccc(-c2nc(-c3ccccc3)nc(-c3ccc(-c4ccc(-c5ccccc5)c5oc6ccccc6c45)c4ccccc34)n2)cc1. The molecule has 0 aliphatic rings. The number of benzene rings is 7. The van der Waals surface area contributed by atoms with Gasteiger partial charge in [0.15, 0.2) is 17.5 Å². The van der Waals surface area contributed by atoms with Gasteiger partial charge >= 0.3 is 0 Å². The number of nitrogens with zero attached hydrogens (tertiary/aromatic N) is 3. The summed E-state index contributed by atoms with van der Waals surface area (Å²) >= 11 is 0. The van der Waals surface area contributed by atoms with Gasteiger partial charge in [-0.1, -0.05) is 146 Å². The van der Waals surface area contributed by atoms with Crippen LogP contribution in [-0.4, -0.2) is 15.0 Å². The van der Waals surface area contributed by atoms with Gasteiger partial charge in [-0.05, 0) is 45.7 Å². The molecule has 7 aromatic carbocycles. The highest BCUT2D eigenvalue weighted by Gasteiger charge is 2.20. The lowest BCUT2D eigenvalue weighted by atomic mass is 9.90. The minimum Gasteiger partial charge on any atom is -0.455 e. The summed E-state index contributed by atoms with van der Waals surface area (Å²) in [5, 5.41) is 4.40. The van der Waals surface area contributed by atoms with Crippen molar-refractivity contribution in [3.8, 4) is 56.4 Å². The van der Waals surface area contributed by atoms with E-state index in [9.17, 15) is 0 Å². The number of para-hydroxylation sites is 1. The summed E-state index contributed by atoms with van der Waals surface area (Å²) in [5.41, 5.74) is 9.06. The molecule has 4 nitrogen and oxygen atoms in total. The Morgan fingerprint density at radius 2 is 0.766 bits per heavy atom. The first-order valence-corrected chi connectivity index (χ1v) is 15.7. The minimum atomic E-state index is 0.638. The van der Waals surface area contributed by atoms with E-state index in [0.29, 0.717) is 17.5 Å². The van der Waals surface area contributed by atoms with Crippen molar-refractivity contribution in [1.82, 2.24) is 15.0 Å². The van der Waals surface area contributed by atoms with Crippen LogP contribution >= 0.6 is 0 Å². The van der Waals surface area contributed by atoms with Crippen LogP contribution in [0.3, 0.4) is 0 Å². The van der Waals surface area contributed by atoms with E-state index in [2.05, 4.69) is 84.9 Å². The lowest BCUT2D eigenvalue weighted by molar-refractivity contribution is 0.670. The van der Waals surface area contributed by atoms with Gasteiger partial charge in [-0.3, -0.25) is 0 Å². The van der Waals surface area contributed by atoms with Crippen LogP contribution in [0.25, 0.3) is 89.1 Å². The van der Waals surface area contributed by atoms with Crippen molar-refractivity contribution in [1.29, 1.82) is 0 Å². The van der Waals surface area contributed by atoms with Gasteiger partial charge in [-0.15, -0.1) is 0 Å². The number of hydrogen-bond acceptors (Lipinski definition) is 4. The maximum Gasteiger partial charge on any atom is 0.164 e. The maximum absolute atomic E-state index is 6.59. The zero-order chi connectivity index (χ0) is 31.2. The largest absolute Gasteiger partial charge is 0.455 e. The van der Waals surface area contributed by atoms with Crippen LogP contribution in [0.5, 0.6) is 0 Å². The Morgan fingerprint density at radius 1 is 0.319 bits per heavy atom. The van der Waals surface area contributed by atoms with Crippen LogP contribution in [0, 0.1) is 0 Å². The third-order valence-corrected chi connectivity index (χ3v) is 8.77. The van der Waals surface area contributed by atoms with Crippen LogP contribution < -0.4 is 0 Å². The molecule has 47 heavy (non-hydrogen) atoms. The fourth-order valence-electron chi connectivity index (χ4n) is 6.56. The van der Waals surface area contributed by atoms with Crippen LogP contribution in [0.1, 0.15) is 0 Å². The van der Waals surface area contributed by atoms with Crippen molar-refractivity contribution in [3.05, 3.63) is 164 Å². The molecule has 0 unspecified atom stereocenters. The molecule has 0 aliphatic carbocycles. The maximum atomic E-state index is 6.59. The van der Waals surface area contributed by atoms with E-state index in [0.717, 1.165) is 71.7 Å². The molecule has 9 rings (SSSR count). The van der Waals surface area contributed by atoms with Crippen molar-refractivity contribution < 1.29 is 4.42 Å². The van der Waals surface area contributed by atoms with Crippen molar-refractivity contribution in [3.63, 3.8) is 0 Å². The van der Waals surface area contributed by atoms with Gasteiger partial charge < -0.3 is 4.42 Å². The topological polar surface area (TPSA) is 51.8 Å². The average molecular weight is 602 g/mol. The first-order chi connectivity index (χ1) is 23.3. The fraction of sp³-hybridized carbons (Fsp3) is 0. The third-order valence-electron chi connectivity index (χ3n) is 8.77. The van der Waals surface area contributed by atoms with Crippen molar-refractivity contribution in [2.45, 2.75) is 0 Å². The Labute approximate surface area is 271 Å². The Hall–Kier alpha value is -6.39. The summed E-state index contributed by atoms with van der Waals surface area (Å²) < 4.78 is 6.59. The monoisotopic (exact) mass is 601 g/mol. The molecule has 2 aromatic heterocycles. The Kier molecular flexibility index (Phi) is 6.43. The number of furan rings is 1. The van der Waals surface area contributed by atoms with Crippen LogP contribution in [0.15, 0.2) is 168 Å². The molecular formula is C43H27N3O. The quantitative estimate of drug-likeness (QED) is 0.197.